The summed E-state index contributed by atoms with van der Waals surface area (Å²) >= 11 is 11.6. The van der Waals surface area contributed by atoms with E-state index >= 15 is 0 Å². The van der Waals surface area contributed by atoms with E-state index in [9.17, 15) is 4.79 Å². The molecule has 5 heteroatoms. The zero-order valence-corrected chi connectivity index (χ0v) is 12.9. The second kappa shape index (κ2) is 5.70. The van der Waals surface area contributed by atoms with Crippen molar-refractivity contribution in [1.82, 2.24) is 4.90 Å². The van der Waals surface area contributed by atoms with Gasteiger partial charge in [-0.2, -0.15) is 0 Å². The number of halogens is 2. The van der Waals surface area contributed by atoms with Crippen molar-refractivity contribution in [3.8, 4) is 0 Å². The molecule has 0 aromatic heterocycles. The van der Waals surface area contributed by atoms with Gasteiger partial charge in [-0.3, -0.25) is 9.69 Å². The molecule has 0 spiro atoms. The zero-order valence-electron chi connectivity index (χ0n) is 11.4. The maximum atomic E-state index is 11.2. The van der Waals surface area contributed by atoms with Crippen LogP contribution in [0.25, 0.3) is 0 Å². The lowest BCUT2D eigenvalue weighted by molar-refractivity contribution is 0.108. The smallest absolute Gasteiger partial charge is 0.253 e. The predicted octanol–water partition coefficient (Wildman–Crippen LogP) is 3.25. The predicted molar refractivity (Wildman–Crippen MR) is 80.5 cm³/mol. The van der Waals surface area contributed by atoms with E-state index in [1.54, 1.807) is 6.07 Å². The quantitative estimate of drug-likeness (QED) is 0.783. The van der Waals surface area contributed by atoms with Gasteiger partial charge in [0.15, 0.2) is 0 Å². The Morgan fingerprint density at radius 3 is 2.53 bits per heavy atom. The molecular weight excluding hydrogens is 283 g/mol. The SMILES string of the molecule is C[C@@H]1CN(c2ccc(C(=O)Cl)c(Cl)c2)[C@H](C)CN1C. The number of hydrogen-bond acceptors (Lipinski definition) is 3. The molecule has 1 aromatic rings. The van der Waals surface area contributed by atoms with Crippen LogP contribution < -0.4 is 4.90 Å². The summed E-state index contributed by atoms with van der Waals surface area (Å²) in [6.07, 6.45) is 0. The largest absolute Gasteiger partial charge is 0.366 e. The minimum absolute atomic E-state index is 0.363. The number of benzene rings is 1. The number of likely N-dealkylation sites (N-methyl/N-ethyl adjacent to an activating group) is 1. The molecule has 0 unspecified atom stereocenters. The molecule has 0 bridgehead atoms. The Morgan fingerprint density at radius 2 is 1.95 bits per heavy atom. The summed E-state index contributed by atoms with van der Waals surface area (Å²) in [5.41, 5.74) is 1.40. The first-order valence-electron chi connectivity index (χ1n) is 6.36. The molecule has 0 N–H and O–H groups in total. The molecule has 3 nitrogen and oxygen atoms in total. The fourth-order valence-electron chi connectivity index (χ4n) is 2.50. The van der Waals surface area contributed by atoms with Crippen molar-refractivity contribution in [3.63, 3.8) is 0 Å². The fraction of sp³-hybridized carbons (Fsp3) is 0.500. The molecule has 1 aliphatic rings. The Kier molecular flexibility index (Phi) is 4.39. The lowest BCUT2D eigenvalue weighted by Gasteiger charge is -2.43. The molecule has 1 aliphatic heterocycles. The normalized spacial score (nSPS) is 24.6. The number of piperazine rings is 1. The van der Waals surface area contributed by atoms with E-state index in [4.69, 9.17) is 23.2 Å². The van der Waals surface area contributed by atoms with E-state index in [1.807, 2.05) is 12.1 Å². The molecular formula is C14H18Cl2N2O. The highest BCUT2D eigenvalue weighted by Gasteiger charge is 2.27. The molecule has 19 heavy (non-hydrogen) atoms. The number of carbonyl (C=O) groups is 1. The van der Waals surface area contributed by atoms with Crippen LogP contribution in [-0.2, 0) is 0 Å². The minimum Gasteiger partial charge on any atom is -0.366 e. The molecule has 0 amide bonds. The van der Waals surface area contributed by atoms with Gasteiger partial charge in [0.2, 0.25) is 0 Å². The van der Waals surface area contributed by atoms with Crippen molar-refractivity contribution in [2.45, 2.75) is 25.9 Å². The van der Waals surface area contributed by atoms with Crippen LogP contribution in [0, 0.1) is 0 Å². The van der Waals surface area contributed by atoms with Crippen LogP contribution in [0.4, 0.5) is 5.69 Å². The van der Waals surface area contributed by atoms with Gasteiger partial charge in [0.1, 0.15) is 0 Å². The van der Waals surface area contributed by atoms with Crippen LogP contribution in [0.2, 0.25) is 5.02 Å². The molecule has 2 rings (SSSR count). The molecule has 0 saturated carbocycles. The third-order valence-electron chi connectivity index (χ3n) is 3.79. The fourth-order valence-corrected chi connectivity index (χ4v) is 2.97. The summed E-state index contributed by atoms with van der Waals surface area (Å²) < 4.78 is 0. The lowest BCUT2D eigenvalue weighted by Crippen LogP contribution is -2.55. The number of carbonyl (C=O) groups excluding carboxylic acids is 1. The highest BCUT2D eigenvalue weighted by Crippen LogP contribution is 2.28. The molecule has 0 radical (unpaired) electrons. The monoisotopic (exact) mass is 300 g/mol. The number of anilines is 1. The van der Waals surface area contributed by atoms with Gasteiger partial charge >= 0.3 is 0 Å². The summed E-state index contributed by atoms with van der Waals surface area (Å²) in [4.78, 5) is 15.8. The van der Waals surface area contributed by atoms with E-state index in [0.717, 1.165) is 18.8 Å². The summed E-state index contributed by atoms with van der Waals surface area (Å²) in [6.45, 7) is 6.35. The molecule has 1 fully saturated rings. The van der Waals surface area contributed by atoms with Crippen molar-refractivity contribution >= 4 is 34.1 Å². The Labute approximate surface area is 124 Å². The van der Waals surface area contributed by atoms with Crippen LogP contribution in [0.15, 0.2) is 18.2 Å². The first-order chi connectivity index (χ1) is 8.90. The maximum Gasteiger partial charge on any atom is 0.253 e. The summed E-state index contributed by atoms with van der Waals surface area (Å²) in [5.74, 6) is 0. The second-order valence-corrected chi connectivity index (χ2v) is 5.98. The standard InChI is InChI=1S/C14H18Cl2N2O/c1-9-8-18(10(2)7-17(9)3)11-4-5-12(14(16)19)13(15)6-11/h4-6,9-10H,7-8H2,1-3H3/t9-,10-/m1/s1. The third-order valence-corrected chi connectivity index (χ3v) is 4.31. The molecule has 1 heterocycles. The zero-order chi connectivity index (χ0) is 14.2. The third kappa shape index (κ3) is 3.04. The lowest BCUT2D eigenvalue weighted by atomic mass is 10.1. The van der Waals surface area contributed by atoms with Crippen LogP contribution in [0.1, 0.15) is 24.2 Å². The summed E-state index contributed by atoms with van der Waals surface area (Å²) in [5, 5.41) is -0.104. The Hall–Kier alpha value is -0.770. The maximum absolute atomic E-state index is 11.2. The molecule has 104 valence electrons. The molecule has 1 aromatic carbocycles. The van der Waals surface area contributed by atoms with Crippen molar-refractivity contribution in [1.29, 1.82) is 0 Å². The number of rotatable bonds is 2. The highest BCUT2D eigenvalue weighted by atomic mass is 35.5. The van der Waals surface area contributed by atoms with Crippen molar-refractivity contribution in [3.05, 3.63) is 28.8 Å². The minimum atomic E-state index is -0.517. The van der Waals surface area contributed by atoms with Crippen LogP contribution >= 0.6 is 23.2 Å². The van der Waals surface area contributed by atoms with Crippen LogP contribution in [0.5, 0.6) is 0 Å². The van der Waals surface area contributed by atoms with Crippen LogP contribution in [-0.4, -0.2) is 42.4 Å². The van der Waals surface area contributed by atoms with E-state index in [0.29, 0.717) is 22.7 Å². The first kappa shape index (κ1) is 14.6. The Morgan fingerprint density at radius 1 is 1.26 bits per heavy atom. The average Bonchev–Trinajstić information content (AvgIpc) is 2.33. The van der Waals surface area contributed by atoms with Gasteiger partial charge in [0, 0.05) is 30.9 Å². The highest BCUT2D eigenvalue weighted by molar-refractivity contribution is 6.68. The van der Waals surface area contributed by atoms with E-state index in [2.05, 4.69) is 30.7 Å². The van der Waals surface area contributed by atoms with Crippen molar-refractivity contribution in [2.75, 3.05) is 25.0 Å². The molecule has 2 atom stereocenters. The number of hydrogen-bond donors (Lipinski definition) is 0. The van der Waals surface area contributed by atoms with Gasteiger partial charge in [0.05, 0.1) is 10.6 Å². The van der Waals surface area contributed by atoms with E-state index < -0.39 is 5.24 Å². The second-order valence-electron chi connectivity index (χ2n) is 5.23. The Balaban J connectivity index is 2.27. The topological polar surface area (TPSA) is 23.6 Å². The first-order valence-corrected chi connectivity index (χ1v) is 7.12. The van der Waals surface area contributed by atoms with Crippen LogP contribution in [0.3, 0.4) is 0 Å². The summed E-state index contributed by atoms with van der Waals surface area (Å²) in [7, 11) is 2.14. The van der Waals surface area contributed by atoms with Gasteiger partial charge in [-0.05, 0) is 50.7 Å². The van der Waals surface area contributed by atoms with Gasteiger partial charge in [-0.25, -0.2) is 0 Å². The summed E-state index contributed by atoms with van der Waals surface area (Å²) in [6, 6.07) is 6.34. The van der Waals surface area contributed by atoms with Crippen molar-refractivity contribution < 1.29 is 4.79 Å². The van der Waals surface area contributed by atoms with Gasteiger partial charge in [-0.15, -0.1) is 0 Å². The number of nitrogens with zero attached hydrogens (tertiary/aromatic N) is 2. The van der Waals surface area contributed by atoms with Gasteiger partial charge in [0.25, 0.3) is 5.24 Å². The van der Waals surface area contributed by atoms with E-state index in [1.165, 1.54) is 0 Å². The van der Waals surface area contributed by atoms with Crippen molar-refractivity contribution in [2.24, 2.45) is 0 Å². The molecule has 1 saturated heterocycles. The van der Waals surface area contributed by atoms with E-state index in [-0.39, 0.29) is 0 Å². The van der Waals surface area contributed by atoms with Gasteiger partial charge < -0.3 is 4.90 Å². The molecule has 0 aliphatic carbocycles. The Bertz CT molecular complexity index is 492. The average molecular weight is 301 g/mol. The van der Waals surface area contributed by atoms with Gasteiger partial charge in [-0.1, -0.05) is 11.6 Å².